The van der Waals surface area contributed by atoms with Crippen LogP contribution in [0.1, 0.15) is 36.3 Å². The molecule has 0 unspecified atom stereocenters. The Kier molecular flexibility index (Phi) is 4.99. The molecule has 0 aliphatic heterocycles. The van der Waals surface area contributed by atoms with Gasteiger partial charge in [0.05, 0.1) is 12.7 Å². The number of nitrogens with zero attached hydrogens (tertiary/aromatic N) is 5. The predicted octanol–water partition coefficient (Wildman–Crippen LogP) is 2.75. The van der Waals surface area contributed by atoms with Crippen LogP contribution in [0.3, 0.4) is 0 Å². The van der Waals surface area contributed by atoms with Gasteiger partial charge in [0.2, 0.25) is 5.95 Å². The van der Waals surface area contributed by atoms with Gasteiger partial charge in [-0.1, -0.05) is 37.3 Å². The molecule has 0 aliphatic carbocycles. The van der Waals surface area contributed by atoms with Crippen LogP contribution < -0.4 is 11.1 Å². The quantitative estimate of drug-likeness (QED) is 0.528. The lowest BCUT2D eigenvalue weighted by Crippen LogP contribution is -2.33. The fourth-order valence-corrected chi connectivity index (χ4v) is 3.10. The molecule has 3 heterocycles. The predicted molar refractivity (Wildman–Crippen MR) is 111 cm³/mol. The van der Waals surface area contributed by atoms with Gasteiger partial charge in [0.15, 0.2) is 5.65 Å². The fraction of sp³-hybridized carbons (Fsp3) is 0.238. The SMILES string of the molecule is CC[C@H](C)NC(=O)c1cc(-c2cnn(Cc3ccccc3)c2)cc2nc(N)nn12. The molecule has 3 N–H and O–H groups in total. The van der Waals surface area contributed by atoms with Crippen molar-refractivity contribution >= 4 is 17.5 Å². The van der Waals surface area contributed by atoms with Gasteiger partial charge in [-0.05, 0) is 36.6 Å². The third-order valence-electron chi connectivity index (χ3n) is 4.83. The van der Waals surface area contributed by atoms with E-state index in [4.69, 9.17) is 5.73 Å². The molecule has 0 radical (unpaired) electrons. The van der Waals surface area contributed by atoms with Crippen LogP contribution in [0.5, 0.6) is 0 Å². The van der Waals surface area contributed by atoms with Crippen molar-refractivity contribution in [2.75, 3.05) is 5.73 Å². The minimum absolute atomic E-state index is 0.0516. The summed E-state index contributed by atoms with van der Waals surface area (Å²) < 4.78 is 3.34. The number of nitrogens with one attached hydrogen (secondary N) is 1. The van der Waals surface area contributed by atoms with Crippen molar-refractivity contribution in [1.82, 2.24) is 29.7 Å². The highest BCUT2D eigenvalue weighted by molar-refractivity contribution is 5.95. The van der Waals surface area contributed by atoms with E-state index in [1.54, 1.807) is 12.3 Å². The Bertz CT molecular complexity index is 1150. The highest BCUT2D eigenvalue weighted by Gasteiger charge is 2.17. The highest BCUT2D eigenvalue weighted by atomic mass is 16.2. The molecule has 4 aromatic rings. The zero-order chi connectivity index (χ0) is 20.4. The lowest BCUT2D eigenvalue weighted by molar-refractivity contribution is 0.0932. The van der Waals surface area contributed by atoms with Crippen molar-refractivity contribution in [1.29, 1.82) is 0 Å². The van der Waals surface area contributed by atoms with Crippen LogP contribution in [-0.4, -0.2) is 36.3 Å². The van der Waals surface area contributed by atoms with Gasteiger partial charge in [0.25, 0.3) is 5.91 Å². The smallest absolute Gasteiger partial charge is 0.270 e. The number of aromatic nitrogens is 5. The maximum absolute atomic E-state index is 12.8. The summed E-state index contributed by atoms with van der Waals surface area (Å²) in [4.78, 5) is 17.0. The summed E-state index contributed by atoms with van der Waals surface area (Å²) in [6.07, 6.45) is 4.57. The second-order valence-electron chi connectivity index (χ2n) is 7.06. The number of hydrogen-bond donors (Lipinski definition) is 2. The number of carbonyl (C=O) groups is 1. The molecule has 1 amide bonds. The van der Waals surface area contributed by atoms with Crippen LogP contribution in [0, 0.1) is 0 Å². The molecule has 3 aromatic heterocycles. The summed E-state index contributed by atoms with van der Waals surface area (Å²) >= 11 is 0. The first-order valence-electron chi connectivity index (χ1n) is 9.57. The van der Waals surface area contributed by atoms with Crippen LogP contribution in [-0.2, 0) is 6.54 Å². The number of amides is 1. The van der Waals surface area contributed by atoms with Crippen molar-refractivity contribution in [3.05, 3.63) is 66.1 Å². The first-order chi connectivity index (χ1) is 14.0. The monoisotopic (exact) mass is 389 g/mol. The van der Waals surface area contributed by atoms with Gasteiger partial charge in [-0.2, -0.15) is 10.1 Å². The molecule has 1 atom stereocenters. The van der Waals surface area contributed by atoms with Crippen molar-refractivity contribution in [2.45, 2.75) is 32.9 Å². The van der Waals surface area contributed by atoms with E-state index in [1.807, 2.05) is 49.0 Å². The number of nitrogens with two attached hydrogens (primary N) is 1. The maximum atomic E-state index is 12.8. The van der Waals surface area contributed by atoms with Crippen LogP contribution in [0.15, 0.2) is 54.9 Å². The molecule has 8 heteroatoms. The van der Waals surface area contributed by atoms with Crippen molar-refractivity contribution in [2.24, 2.45) is 0 Å². The van der Waals surface area contributed by atoms with Crippen LogP contribution >= 0.6 is 0 Å². The molecule has 0 bridgehead atoms. The molecule has 4 rings (SSSR count). The number of rotatable bonds is 6. The molecular formula is C21H23N7O. The summed E-state index contributed by atoms with van der Waals surface area (Å²) in [6, 6.07) is 13.8. The number of nitrogen functional groups attached to an aromatic ring is 1. The molecule has 148 valence electrons. The van der Waals surface area contributed by atoms with Crippen molar-refractivity contribution < 1.29 is 4.79 Å². The van der Waals surface area contributed by atoms with Crippen LogP contribution in [0.25, 0.3) is 16.8 Å². The Balaban J connectivity index is 1.70. The Morgan fingerprint density at radius 3 is 2.76 bits per heavy atom. The zero-order valence-corrected chi connectivity index (χ0v) is 16.4. The van der Waals surface area contributed by atoms with E-state index in [0.717, 1.165) is 23.1 Å². The summed E-state index contributed by atoms with van der Waals surface area (Å²) in [5.74, 6) is -0.0905. The number of carbonyl (C=O) groups excluding carboxylic acids is 1. The molecule has 29 heavy (non-hydrogen) atoms. The molecule has 0 aliphatic rings. The third-order valence-corrected chi connectivity index (χ3v) is 4.83. The van der Waals surface area contributed by atoms with Gasteiger partial charge in [0, 0.05) is 17.8 Å². The normalized spacial score (nSPS) is 12.2. The molecular weight excluding hydrogens is 366 g/mol. The van der Waals surface area contributed by atoms with Gasteiger partial charge < -0.3 is 11.1 Å². The molecule has 8 nitrogen and oxygen atoms in total. The Labute approximate surface area is 168 Å². The molecule has 1 aromatic carbocycles. The maximum Gasteiger partial charge on any atom is 0.270 e. The second kappa shape index (κ2) is 7.75. The van der Waals surface area contributed by atoms with E-state index in [9.17, 15) is 4.79 Å². The summed E-state index contributed by atoms with van der Waals surface area (Å²) in [6.45, 7) is 4.65. The average Bonchev–Trinajstić information content (AvgIpc) is 3.33. The second-order valence-corrected chi connectivity index (χ2v) is 7.06. The minimum atomic E-state index is -0.215. The molecule has 0 spiro atoms. The molecule has 0 fully saturated rings. The van der Waals surface area contributed by atoms with Gasteiger partial charge in [-0.3, -0.25) is 9.48 Å². The van der Waals surface area contributed by atoms with Crippen molar-refractivity contribution in [3.8, 4) is 11.1 Å². The first kappa shape index (κ1) is 18.7. The topological polar surface area (TPSA) is 103 Å². The Morgan fingerprint density at radius 2 is 2.00 bits per heavy atom. The fourth-order valence-electron chi connectivity index (χ4n) is 3.10. The van der Waals surface area contributed by atoms with Crippen LogP contribution in [0.4, 0.5) is 5.95 Å². The number of pyridine rings is 1. The largest absolute Gasteiger partial charge is 0.366 e. The van der Waals surface area contributed by atoms with E-state index in [2.05, 4.69) is 32.6 Å². The van der Waals surface area contributed by atoms with E-state index in [0.29, 0.717) is 17.9 Å². The lowest BCUT2D eigenvalue weighted by Gasteiger charge is -2.12. The summed E-state index contributed by atoms with van der Waals surface area (Å²) in [5.41, 5.74) is 9.57. The lowest BCUT2D eigenvalue weighted by atomic mass is 10.1. The van der Waals surface area contributed by atoms with E-state index in [-0.39, 0.29) is 17.9 Å². The number of fused-ring (bicyclic) bond motifs is 1. The number of hydrogen-bond acceptors (Lipinski definition) is 5. The zero-order valence-electron chi connectivity index (χ0n) is 16.4. The van der Waals surface area contributed by atoms with E-state index >= 15 is 0 Å². The van der Waals surface area contributed by atoms with Gasteiger partial charge >= 0.3 is 0 Å². The summed E-state index contributed by atoms with van der Waals surface area (Å²) in [7, 11) is 0. The van der Waals surface area contributed by atoms with Gasteiger partial charge in [-0.15, -0.1) is 5.10 Å². The minimum Gasteiger partial charge on any atom is -0.366 e. The first-order valence-corrected chi connectivity index (χ1v) is 9.57. The van der Waals surface area contributed by atoms with Gasteiger partial charge in [-0.25, -0.2) is 4.52 Å². The van der Waals surface area contributed by atoms with Gasteiger partial charge in [0.1, 0.15) is 5.69 Å². The Morgan fingerprint density at radius 1 is 1.21 bits per heavy atom. The Hall–Kier alpha value is -3.68. The average molecular weight is 389 g/mol. The summed E-state index contributed by atoms with van der Waals surface area (Å²) in [5, 5.41) is 11.6. The number of anilines is 1. The molecule has 0 saturated heterocycles. The standard InChI is InChI=1S/C21H23N7O/c1-3-14(2)24-20(29)18-9-16(10-19-25-21(22)26-28(18)19)17-11-23-27(13-17)12-15-7-5-4-6-8-15/h4-11,13-14H,3,12H2,1-2H3,(H2,22,26)(H,24,29)/t14-/m0/s1. The van der Waals surface area contributed by atoms with Crippen molar-refractivity contribution in [3.63, 3.8) is 0 Å². The highest BCUT2D eigenvalue weighted by Crippen LogP contribution is 2.23. The van der Waals surface area contributed by atoms with E-state index < -0.39 is 0 Å². The van der Waals surface area contributed by atoms with Crippen LogP contribution in [0.2, 0.25) is 0 Å². The molecule has 0 saturated carbocycles. The third kappa shape index (κ3) is 3.96. The van der Waals surface area contributed by atoms with E-state index in [1.165, 1.54) is 4.52 Å². The number of benzene rings is 1.